The van der Waals surface area contributed by atoms with Crippen LogP contribution in [-0.4, -0.2) is 29.0 Å². The fourth-order valence-corrected chi connectivity index (χ4v) is 1.81. The first kappa shape index (κ1) is 13.5. The van der Waals surface area contributed by atoms with Gasteiger partial charge in [-0.25, -0.2) is 9.18 Å². The van der Waals surface area contributed by atoms with Gasteiger partial charge in [-0.15, -0.1) is 0 Å². The zero-order valence-corrected chi connectivity index (χ0v) is 11.1. The van der Waals surface area contributed by atoms with Crippen LogP contribution in [0.5, 0.6) is 5.75 Å². The molecule has 1 aromatic heterocycles. The van der Waals surface area contributed by atoms with Crippen molar-refractivity contribution in [3.63, 3.8) is 0 Å². The maximum absolute atomic E-state index is 12.6. The number of aromatic nitrogens is 1. The molecule has 0 saturated carbocycles. The summed E-state index contributed by atoms with van der Waals surface area (Å²) in [5.41, 5.74) is 0.492. The highest BCUT2D eigenvalue weighted by molar-refractivity contribution is 9.10. The Labute approximate surface area is 116 Å². The Kier molecular flexibility index (Phi) is 4.16. The summed E-state index contributed by atoms with van der Waals surface area (Å²) in [5.74, 6) is -0.752. The highest BCUT2D eigenvalue weighted by Gasteiger charge is 2.21. The van der Waals surface area contributed by atoms with Crippen LogP contribution in [0.2, 0.25) is 0 Å². The molecule has 2 aromatic rings. The topological polar surface area (TPSA) is 72.6 Å². The molecular weight excluding hydrogens is 321 g/mol. The summed E-state index contributed by atoms with van der Waals surface area (Å²) in [6, 6.07) is 6.47. The largest absolute Gasteiger partial charge is 0.478 e. The molecule has 0 fully saturated rings. The molecule has 19 heavy (non-hydrogen) atoms. The van der Waals surface area contributed by atoms with Crippen LogP contribution in [0.15, 0.2) is 39.5 Å². The third-order valence-electron chi connectivity index (χ3n) is 2.33. The predicted octanol–water partition coefficient (Wildman–Crippen LogP) is 2.91. The molecule has 7 heteroatoms. The SMILES string of the molecule is O=C(O)[C@H](CF)Oc1ccc(Br)cc1-c1ccno1. The summed E-state index contributed by atoms with van der Waals surface area (Å²) in [5, 5.41) is 12.4. The van der Waals surface area contributed by atoms with Crippen LogP contribution in [0.1, 0.15) is 0 Å². The van der Waals surface area contributed by atoms with Gasteiger partial charge >= 0.3 is 5.97 Å². The van der Waals surface area contributed by atoms with Gasteiger partial charge in [0.15, 0.2) is 5.76 Å². The second kappa shape index (κ2) is 5.83. The lowest BCUT2D eigenvalue weighted by Crippen LogP contribution is -2.29. The maximum atomic E-state index is 12.6. The van der Waals surface area contributed by atoms with Gasteiger partial charge in [0.25, 0.3) is 0 Å². The van der Waals surface area contributed by atoms with Crippen LogP contribution in [0, 0.1) is 0 Å². The molecule has 0 unspecified atom stereocenters. The third kappa shape index (κ3) is 3.11. The molecule has 0 aliphatic rings. The number of ether oxygens (including phenoxy) is 1. The highest BCUT2D eigenvalue weighted by Crippen LogP contribution is 2.33. The molecule has 1 atom stereocenters. The van der Waals surface area contributed by atoms with Crippen LogP contribution in [-0.2, 0) is 4.79 Å². The summed E-state index contributed by atoms with van der Waals surface area (Å²) in [6.45, 7) is -1.12. The van der Waals surface area contributed by atoms with Crippen molar-refractivity contribution in [1.29, 1.82) is 0 Å². The van der Waals surface area contributed by atoms with E-state index >= 15 is 0 Å². The number of aliphatic carboxylic acids is 1. The van der Waals surface area contributed by atoms with Gasteiger partial charge in [-0.3, -0.25) is 0 Å². The Morgan fingerprint density at radius 3 is 2.89 bits per heavy atom. The van der Waals surface area contributed by atoms with Gasteiger partial charge in [-0.05, 0) is 18.2 Å². The van der Waals surface area contributed by atoms with Crippen molar-refractivity contribution in [2.24, 2.45) is 0 Å². The van der Waals surface area contributed by atoms with Gasteiger partial charge in [0.1, 0.15) is 12.4 Å². The van der Waals surface area contributed by atoms with Gasteiger partial charge in [0, 0.05) is 10.5 Å². The first-order valence-corrected chi connectivity index (χ1v) is 6.07. The number of hydrogen-bond donors (Lipinski definition) is 1. The minimum atomic E-state index is -1.55. The smallest absolute Gasteiger partial charge is 0.347 e. The molecule has 0 spiro atoms. The zero-order valence-electron chi connectivity index (χ0n) is 9.55. The minimum Gasteiger partial charge on any atom is -0.478 e. The summed E-state index contributed by atoms with van der Waals surface area (Å²) in [6.07, 6.45) is -0.105. The number of hydrogen-bond acceptors (Lipinski definition) is 4. The van der Waals surface area contributed by atoms with Crippen LogP contribution < -0.4 is 4.74 Å². The van der Waals surface area contributed by atoms with E-state index in [4.69, 9.17) is 14.4 Å². The molecule has 0 aliphatic heterocycles. The van der Waals surface area contributed by atoms with E-state index in [1.54, 1.807) is 18.2 Å². The number of carboxylic acids is 1. The second-order valence-electron chi connectivity index (χ2n) is 3.62. The van der Waals surface area contributed by atoms with E-state index in [1.807, 2.05) is 0 Å². The Morgan fingerprint density at radius 2 is 2.32 bits per heavy atom. The Bertz CT molecular complexity index is 573. The number of rotatable bonds is 5. The predicted molar refractivity (Wildman–Crippen MR) is 67.7 cm³/mol. The van der Waals surface area contributed by atoms with Crippen molar-refractivity contribution in [3.8, 4) is 17.1 Å². The van der Waals surface area contributed by atoms with Crippen LogP contribution in [0.25, 0.3) is 11.3 Å². The molecule has 0 aliphatic carbocycles. The Morgan fingerprint density at radius 1 is 1.53 bits per heavy atom. The van der Waals surface area contributed by atoms with Gasteiger partial charge in [0.05, 0.1) is 11.8 Å². The van der Waals surface area contributed by atoms with Gasteiger partial charge in [0.2, 0.25) is 6.10 Å². The zero-order chi connectivity index (χ0) is 13.8. The second-order valence-corrected chi connectivity index (χ2v) is 4.53. The van der Waals surface area contributed by atoms with Crippen LogP contribution >= 0.6 is 15.9 Å². The summed E-state index contributed by atoms with van der Waals surface area (Å²) < 4.78 is 23.5. The van der Waals surface area contributed by atoms with Crippen molar-refractivity contribution < 1.29 is 23.6 Å². The summed E-state index contributed by atoms with van der Waals surface area (Å²) in [4.78, 5) is 10.8. The van der Waals surface area contributed by atoms with Crippen LogP contribution in [0.4, 0.5) is 4.39 Å². The molecule has 5 nitrogen and oxygen atoms in total. The van der Waals surface area contributed by atoms with Crippen molar-refractivity contribution in [1.82, 2.24) is 5.16 Å². The van der Waals surface area contributed by atoms with Crippen molar-refractivity contribution in [2.45, 2.75) is 6.10 Å². The maximum Gasteiger partial charge on any atom is 0.347 e. The fourth-order valence-electron chi connectivity index (χ4n) is 1.45. The average Bonchev–Trinajstić information content (AvgIpc) is 2.90. The lowest BCUT2D eigenvalue weighted by atomic mass is 10.1. The highest BCUT2D eigenvalue weighted by atomic mass is 79.9. The Hall–Kier alpha value is -1.89. The number of alkyl halides is 1. The number of carbonyl (C=O) groups is 1. The van der Waals surface area contributed by atoms with E-state index < -0.39 is 18.7 Å². The van der Waals surface area contributed by atoms with Gasteiger partial charge in [-0.1, -0.05) is 21.1 Å². The lowest BCUT2D eigenvalue weighted by molar-refractivity contribution is -0.145. The molecule has 0 radical (unpaired) electrons. The monoisotopic (exact) mass is 329 g/mol. The molecular formula is C12H9BrFNO4. The molecule has 1 aromatic carbocycles. The lowest BCUT2D eigenvalue weighted by Gasteiger charge is -2.14. The summed E-state index contributed by atoms with van der Waals surface area (Å²) >= 11 is 3.29. The molecule has 0 saturated heterocycles. The molecule has 2 rings (SSSR count). The van der Waals surface area contributed by atoms with Gasteiger partial charge < -0.3 is 14.4 Å². The number of carboxylic acid groups (broad SMARTS) is 1. The van der Waals surface area contributed by atoms with E-state index in [9.17, 15) is 9.18 Å². The number of benzene rings is 1. The third-order valence-corrected chi connectivity index (χ3v) is 2.82. The van der Waals surface area contributed by atoms with Gasteiger partial charge in [-0.2, -0.15) is 0 Å². The minimum absolute atomic E-state index is 0.213. The number of nitrogens with zero attached hydrogens (tertiary/aromatic N) is 1. The van der Waals surface area contributed by atoms with E-state index in [0.29, 0.717) is 11.3 Å². The first-order chi connectivity index (χ1) is 9.11. The van der Waals surface area contributed by atoms with Crippen molar-refractivity contribution >= 4 is 21.9 Å². The van der Waals surface area contributed by atoms with E-state index in [0.717, 1.165) is 4.47 Å². The average molecular weight is 330 g/mol. The fraction of sp³-hybridized carbons (Fsp3) is 0.167. The molecule has 0 amide bonds. The normalized spacial score (nSPS) is 12.1. The van der Waals surface area contributed by atoms with E-state index in [2.05, 4.69) is 21.1 Å². The summed E-state index contributed by atoms with van der Waals surface area (Å²) in [7, 11) is 0. The van der Waals surface area contributed by atoms with Crippen molar-refractivity contribution in [3.05, 3.63) is 34.9 Å². The standard InChI is InChI=1S/C12H9BrFNO4/c13-7-1-2-9(18-11(6-14)12(16)17)8(5-7)10-3-4-15-19-10/h1-5,11H,6H2,(H,16,17)/t11-/m0/s1. The number of halogens is 2. The Balaban J connectivity index is 2.37. The van der Waals surface area contributed by atoms with E-state index in [1.165, 1.54) is 12.3 Å². The van der Waals surface area contributed by atoms with E-state index in [-0.39, 0.29) is 5.75 Å². The first-order valence-electron chi connectivity index (χ1n) is 5.28. The van der Waals surface area contributed by atoms with Crippen LogP contribution in [0.3, 0.4) is 0 Å². The molecule has 0 bridgehead atoms. The molecule has 1 heterocycles. The molecule has 1 N–H and O–H groups in total. The quantitative estimate of drug-likeness (QED) is 0.913. The molecule has 100 valence electrons. The van der Waals surface area contributed by atoms with Crippen molar-refractivity contribution in [2.75, 3.05) is 6.67 Å².